The van der Waals surface area contributed by atoms with E-state index in [-0.39, 0.29) is 6.54 Å². The molecule has 0 saturated carbocycles. The predicted octanol–water partition coefficient (Wildman–Crippen LogP) is 1.69. The van der Waals surface area contributed by atoms with Gasteiger partial charge in [0.15, 0.2) is 0 Å². The number of nitrogens with one attached hydrogen (secondary N) is 1. The molecule has 0 aliphatic rings. The van der Waals surface area contributed by atoms with Crippen molar-refractivity contribution in [2.75, 3.05) is 20.3 Å². The summed E-state index contributed by atoms with van der Waals surface area (Å²) in [6, 6.07) is 9.14. The van der Waals surface area contributed by atoms with Crippen molar-refractivity contribution in [3.63, 3.8) is 0 Å². The van der Waals surface area contributed by atoms with Crippen molar-refractivity contribution in [3.05, 3.63) is 35.9 Å². The minimum Gasteiger partial charge on any atom is -0.468 e. The molecule has 1 atom stereocenters. The van der Waals surface area contributed by atoms with Crippen molar-refractivity contribution in [2.45, 2.75) is 12.8 Å². The Morgan fingerprint density at radius 2 is 1.94 bits per heavy atom. The molecule has 0 radical (unpaired) electrons. The fraction of sp³-hybridized carbons (Fsp3) is 0.385. The number of benzene rings is 1. The lowest BCUT2D eigenvalue weighted by Crippen LogP contribution is -2.32. The van der Waals surface area contributed by atoms with E-state index in [0.717, 1.165) is 5.56 Å². The number of esters is 1. The van der Waals surface area contributed by atoms with E-state index in [0.29, 0.717) is 6.61 Å². The SMILES string of the molecule is CCOC(=O)NCC(C(=O)OC)c1ccccc1. The molecule has 1 aromatic rings. The van der Waals surface area contributed by atoms with Gasteiger partial charge in [0.1, 0.15) is 0 Å². The molecule has 0 aliphatic heterocycles. The third-order valence-electron chi connectivity index (χ3n) is 2.41. The van der Waals surface area contributed by atoms with Crippen LogP contribution in [0.15, 0.2) is 30.3 Å². The average Bonchev–Trinajstić information content (AvgIpc) is 2.40. The second-order valence-electron chi connectivity index (χ2n) is 3.59. The number of hydrogen-bond acceptors (Lipinski definition) is 4. The third kappa shape index (κ3) is 4.08. The topological polar surface area (TPSA) is 64.6 Å². The van der Waals surface area contributed by atoms with E-state index in [1.165, 1.54) is 7.11 Å². The Bertz CT molecular complexity index is 391. The molecule has 1 N–H and O–H groups in total. The van der Waals surface area contributed by atoms with Gasteiger partial charge in [0.25, 0.3) is 0 Å². The van der Waals surface area contributed by atoms with Gasteiger partial charge in [0.2, 0.25) is 0 Å². The van der Waals surface area contributed by atoms with Crippen molar-refractivity contribution < 1.29 is 19.1 Å². The van der Waals surface area contributed by atoms with Crippen LogP contribution in [0, 0.1) is 0 Å². The predicted molar refractivity (Wildman–Crippen MR) is 66.2 cm³/mol. The van der Waals surface area contributed by atoms with Gasteiger partial charge in [-0.1, -0.05) is 30.3 Å². The minimum atomic E-state index is -0.540. The minimum absolute atomic E-state index is 0.148. The highest BCUT2D eigenvalue weighted by Crippen LogP contribution is 2.16. The van der Waals surface area contributed by atoms with E-state index >= 15 is 0 Å². The lowest BCUT2D eigenvalue weighted by Gasteiger charge is -2.15. The van der Waals surface area contributed by atoms with E-state index in [4.69, 9.17) is 9.47 Å². The van der Waals surface area contributed by atoms with Gasteiger partial charge in [-0.3, -0.25) is 4.79 Å². The zero-order chi connectivity index (χ0) is 13.4. The van der Waals surface area contributed by atoms with Crippen LogP contribution in [0.4, 0.5) is 4.79 Å². The van der Waals surface area contributed by atoms with Crippen LogP contribution in [-0.4, -0.2) is 32.3 Å². The summed E-state index contributed by atoms with van der Waals surface area (Å²) in [6.45, 7) is 2.16. The maximum absolute atomic E-state index is 11.7. The van der Waals surface area contributed by atoms with Gasteiger partial charge in [-0.15, -0.1) is 0 Å². The van der Waals surface area contributed by atoms with Crippen molar-refractivity contribution in [1.82, 2.24) is 5.32 Å². The molecule has 0 heterocycles. The molecule has 1 aromatic carbocycles. The normalized spacial score (nSPS) is 11.4. The van der Waals surface area contributed by atoms with Gasteiger partial charge >= 0.3 is 12.1 Å². The van der Waals surface area contributed by atoms with E-state index < -0.39 is 18.0 Å². The van der Waals surface area contributed by atoms with Crippen LogP contribution in [-0.2, 0) is 14.3 Å². The first-order chi connectivity index (χ1) is 8.69. The molecule has 0 bridgehead atoms. The Morgan fingerprint density at radius 1 is 1.28 bits per heavy atom. The molecule has 0 aliphatic carbocycles. The molecule has 0 saturated heterocycles. The van der Waals surface area contributed by atoms with Gasteiger partial charge in [-0.25, -0.2) is 4.79 Å². The third-order valence-corrected chi connectivity index (χ3v) is 2.41. The Balaban J connectivity index is 2.69. The van der Waals surface area contributed by atoms with Gasteiger partial charge in [0.05, 0.1) is 19.6 Å². The first-order valence-electron chi connectivity index (χ1n) is 5.72. The summed E-state index contributed by atoms with van der Waals surface area (Å²) < 4.78 is 9.47. The number of alkyl carbamates (subject to hydrolysis) is 1. The number of methoxy groups -OCH3 is 1. The molecule has 18 heavy (non-hydrogen) atoms. The number of ether oxygens (including phenoxy) is 2. The number of amides is 1. The van der Waals surface area contributed by atoms with Crippen molar-refractivity contribution in [1.29, 1.82) is 0 Å². The van der Waals surface area contributed by atoms with Crippen LogP contribution in [0.1, 0.15) is 18.4 Å². The lowest BCUT2D eigenvalue weighted by atomic mass is 9.99. The Kier molecular flexibility index (Phi) is 5.70. The fourth-order valence-electron chi connectivity index (χ4n) is 1.53. The largest absolute Gasteiger partial charge is 0.468 e. The molecular weight excluding hydrogens is 234 g/mol. The quantitative estimate of drug-likeness (QED) is 0.809. The number of hydrogen-bond donors (Lipinski definition) is 1. The zero-order valence-electron chi connectivity index (χ0n) is 10.5. The smallest absolute Gasteiger partial charge is 0.407 e. The van der Waals surface area contributed by atoms with Crippen LogP contribution in [0.25, 0.3) is 0 Å². The zero-order valence-corrected chi connectivity index (χ0v) is 10.5. The highest BCUT2D eigenvalue weighted by Gasteiger charge is 2.22. The van der Waals surface area contributed by atoms with Crippen LogP contribution in [0.5, 0.6) is 0 Å². The van der Waals surface area contributed by atoms with Crippen LogP contribution >= 0.6 is 0 Å². The first-order valence-corrected chi connectivity index (χ1v) is 5.72. The van der Waals surface area contributed by atoms with Crippen molar-refractivity contribution in [2.24, 2.45) is 0 Å². The standard InChI is InChI=1S/C13H17NO4/c1-3-18-13(16)14-9-11(12(15)17-2)10-7-5-4-6-8-10/h4-8,11H,3,9H2,1-2H3,(H,14,16). The lowest BCUT2D eigenvalue weighted by molar-refractivity contribution is -0.142. The maximum Gasteiger partial charge on any atom is 0.407 e. The second-order valence-corrected chi connectivity index (χ2v) is 3.59. The molecule has 5 nitrogen and oxygen atoms in total. The van der Waals surface area contributed by atoms with E-state index in [1.54, 1.807) is 6.92 Å². The molecular formula is C13H17NO4. The van der Waals surface area contributed by atoms with E-state index in [1.807, 2.05) is 30.3 Å². The molecule has 98 valence electrons. The molecule has 1 unspecified atom stereocenters. The Labute approximate surface area is 106 Å². The van der Waals surface area contributed by atoms with Gasteiger partial charge in [-0.2, -0.15) is 0 Å². The first kappa shape index (κ1) is 14.0. The molecule has 1 amide bonds. The van der Waals surface area contributed by atoms with E-state index in [9.17, 15) is 9.59 Å². The van der Waals surface area contributed by atoms with Crippen LogP contribution in [0.2, 0.25) is 0 Å². The van der Waals surface area contributed by atoms with Crippen LogP contribution in [0.3, 0.4) is 0 Å². The summed E-state index contributed by atoms with van der Waals surface area (Å²) in [5.41, 5.74) is 0.793. The number of rotatable bonds is 5. The Morgan fingerprint density at radius 3 is 2.50 bits per heavy atom. The van der Waals surface area contributed by atoms with Crippen molar-refractivity contribution in [3.8, 4) is 0 Å². The molecule has 5 heteroatoms. The summed E-state index contributed by atoms with van der Waals surface area (Å²) in [5.74, 6) is -0.918. The summed E-state index contributed by atoms with van der Waals surface area (Å²) in [7, 11) is 1.32. The summed E-state index contributed by atoms with van der Waals surface area (Å²) in [5, 5.41) is 2.54. The second kappa shape index (κ2) is 7.32. The van der Waals surface area contributed by atoms with Gasteiger partial charge in [0, 0.05) is 6.54 Å². The fourth-order valence-corrected chi connectivity index (χ4v) is 1.53. The molecule has 1 rings (SSSR count). The van der Waals surface area contributed by atoms with Gasteiger partial charge < -0.3 is 14.8 Å². The highest BCUT2D eigenvalue weighted by molar-refractivity contribution is 5.79. The number of carbonyl (C=O) groups excluding carboxylic acids is 2. The molecule has 0 aromatic heterocycles. The number of carbonyl (C=O) groups is 2. The summed E-state index contributed by atoms with van der Waals surface area (Å²) in [6.07, 6.45) is -0.540. The summed E-state index contributed by atoms with van der Waals surface area (Å²) >= 11 is 0. The van der Waals surface area contributed by atoms with Crippen molar-refractivity contribution >= 4 is 12.1 Å². The van der Waals surface area contributed by atoms with E-state index in [2.05, 4.69) is 5.32 Å². The molecule has 0 fully saturated rings. The Hall–Kier alpha value is -2.04. The maximum atomic E-state index is 11.7. The monoisotopic (exact) mass is 251 g/mol. The average molecular weight is 251 g/mol. The highest BCUT2D eigenvalue weighted by atomic mass is 16.5. The molecule has 0 spiro atoms. The summed E-state index contributed by atoms with van der Waals surface area (Å²) in [4.78, 5) is 22.9. The van der Waals surface area contributed by atoms with Gasteiger partial charge in [-0.05, 0) is 12.5 Å². The van der Waals surface area contributed by atoms with Crippen LogP contribution < -0.4 is 5.32 Å².